The van der Waals surface area contributed by atoms with E-state index in [1.54, 1.807) is 17.2 Å². The molecule has 4 heteroatoms. The van der Waals surface area contributed by atoms with Crippen molar-refractivity contribution < 1.29 is 8.78 Å². The first-order chi connectivity index (χ1) is 6.61. The Morgan fingerprint density at radius 1 is 1.43 bits per heavy atom. The molecule has 0 aliphatic carbocycles. The summed E-state index contributed by atoms with van der Waals surface area (Å²) in [7, 11) is 0. The molecule has 1 aromatic rings. The van der Waals surface area contributed by atoms with E-state index in [0.29, 0.717) is 5.82 Å². The first kappa shape index (κ1) is 9.37. The van der Waals surface area contributed by atoms with Crippen LogP contribution < -0.4 is 4.90 Å². The summed E-state index contributed by atoms with van der Waals surface area (Å²) in [4.78, 5) is 5.71. The Hall–Kier alpha value is -1.19. The van der Waals surface area contributed by atoms with Gasteiger partial charge in [-0.05, 0) is 18.1 Å². The summed E-state index contributed by atoms with van der Waals surface area (Å²) in [6.07, 6.45) is 2.66. The van der Waals surface area contributed by atoms with Crippen molar-refractivity contribution in [3.8, 4) is 0 Å². The zero-order chi connectivity index (χ0) is 10.2. The van der Waals surface area contributed by atoms with Gasteiger partial charge in [-0.3, -0.25) is 0 Å². The molecule has 2 nitrogen and oxygen atoms in total. The number of hydrogen-bond donors (Lipinski definition) is 0. The molecule has 1 aromatic heterocycles. The van der Waals surface area contributed by atoms with E-state index in [1.807, 2.05) is 13.0 Å². The molecule has 0 amide bonds. The molecular formula is C10H12F2N2. The minimum Gasteiger partial charge on any atom is -0.344 e. The first-order valence-electron chi connectivity index (χ1n) is 4.68. The first-order valence-corrected chi connectivity index (χ1v) is 4.68. The summed E-state index contributed by atoms with van der Waals surface area (Å²) in [5.74, 6) is -1.88. The van der Waals surface area contributed by atoms with E-state index < -0.39 is 5.92 Å². The zero-order valence-corrected chi connectivity index (χ0v) is 8.00. The van der Waals surface area contributed by atoms with Gasteiger partial charge in [-0.2, -0.15) is 0 Å². The topological polar surface area (TPSA) is 16.1 Å². The molecule has 14 heavy (non-hydrogen) atoms. The van der Waals surface area contributed by atoms with Crippen LogP contribution in [0.5, 0.6) is 0 Å². The third-order valence-electron chi connectivity index (χ3n) is 2.39. The predicted octanol–water partition coefficient (Wildman–Crippen LogP) is 2.10. The maximum atomic E-state index is 12.5. The van der Waals surface area contributed by atoms with E-state index in [4.69, 9.17) is 0 Å². The molecule has 1 fully saturated rings. The third-order valence-corrected chi connectivity index (χ3v) is 2.39. The molecule has 2 rings (SSSR count). The van der Waals surface area contributed by atoms with Crippen LogP contribution in [0.25, 0.3) is 0 Å². The van der Waals surface area contributed by atoms with E-state index in [2.05, 4.69) is 4.98 Å². The zero-order valence-electron chi connectivity index (χ0n) is 8.00. The Bertz CT molecular complexity index is 313. The van der Waals surface area contributed by atoms with Gasteiger partial charge in [-0.15, -0.1) is 0 Å². The van der Waals surface area contributed by atoms with Gasteiger partial charge >= 0.3 is 0 Å². The van der Waals surface area contributed by atoms with Crippen LogP contribution in [0.4, 0.5) is 14.6 Å². The molecule has 0 spiro atoms. The van der Waals surface area contributed by atoms with Gasteiger partial charge < -0.3 is 4.90 Å². The summed E-state index contributed by atoms with van der Waals surface area (Å²) in [6.45, 7) is 1.63. The minimum atomic E-state index is -2.52. The van der Waals surface area contributed by atoms with Crippen molar-refractivity contribution in [1.29, 1.82) is 0 Å². The van der Waals surface area contributed by atoms with E-state index in [1.165, 1.54) is 0 Å². The molecule has 1 aliphatic rings. The number of aromatic nitrogens is 1. The number of aryl methyl sites for hydroxylation is 1. The second-order valence-electron chi connectivity index (χ2n) is 3.59. The fourth-order valence-electron chi connectivity index (χ4n) is 1.49. The molecule has 1 saturated heterocycles. The van der Waals surface area contributed by atoms with Gasteiger partial charge in [-0.1, -0.05) is 13.0 Å². The lowest BCUT2D eigenvalue weighted by molar-refractivity contribution is -0.0267. The van der Waals surface area contributed by atoms with E-state index in [-0.39, 0.29) is 13.1 Å². The van der Waals surface area contributed by atoms with Crippen molar-refractivity contribution >= 4 is 5.82 Å². The van der Waals surface area contributed by atoms with Crippen LogP contribution >= 0.6 is 0 Å². The lowest BCUT2D eigenvalue weighted by atomic mass is 10.1. The van der Waals surface area contributed by atoms with Gasteiger partial charge in [0.25, 0.3) is 5.92 Å². The van der Waals surface area contributed by atoms with Gasteiger partial charge in [0.05, 0.1) is 13.1 Å². The number of rotatable bonds is 2. The number of alkyl halides is 2. The van der Waals surface area contributed by atoms with Gasteiger partial charge in [0.15, 0.2) is 0 Å². The molecule has 0 N–H and O–H groups in total. The van der Waals surface area contributed by atoms with Crippen molar-refractivity contribution in [2.45, 2.75) is 19.3 Å². The average molecular weight is 198 g/mol. The smallest absolute Gasteiger partial charge is 0.282 e. The number of nitrogens with zero attached hydrogens (tertiary/aromatic N) is 2. The highest BCUT2D eigenvalue weighted by atomic mass is 19.3. The summed E-state index contributed by atoms with van der Waals surface area (Å²) < 4.78 is 25.1. The summed E-state index contributed by atoms with van der Waals surface area (Å²) in [5.41, 5.74) is 1.13. The molecule has 0 unspecified atom stereocenters. The van der Waals surface area contributed by atoms with Crippen molar-refractivity contribution in [3.05, 3.63) is 23.9 Å². The fraction of sp³-hybridized carbons (Fsp3) is 0.500. The van der Waals surface area contributed by atoms with Crippen molar-refractivity contribution in [2.24, 2.45) is 0 Å². The fourth-order valence-corrected chi connectivity index (χ4v) is 1.49. The van der Waals surface area contributed by atoms with Crippen LogP contribution in [0.1, 0.15) is 12.5 Å². The monoisotopic (exact) mass is 198 g/mol. The average Bonchev–Trinajstić information content (AvgIpc) is 2.14. The molecule has 0 saturated carbocycles. The lowest BCUT2D eigenvalue weighted by Gasteiger charge is -2.39. The van der Waals surface area contributed by atoms with Crippen LogP contribution in [-0.2, 0) is 6.42 Å². The SMILES string of the molecule is CCc1ccc(N2CC(F)(F)C2)nc1. The number of anilines is 1. The molecule has 1 aliphatic heterocycles. The molecule has 2 heterocycles. The quantitative estimate of drug-likeness (QED) is 0.723. The molecule has 0 radical (unpaired) electrons. The van der Waals surface area contributed by atoms with Gasteiger partial charge in [0.1, 0.15) is 5.82 Å². The Balaban J connectivity index is 2.05. The molecular weight excluding hydrogens is 186 g/mol. The molecule has 0 bridgehead atoms. The Morgan fingerprint density at radius 3 is 2.57 bits per heavy atom. The minimum absolute atomic E-state index is 0.203. The van der Waals surface area contributed by atoms with Crippen molar-refractivity contribution in [3.63, 3.8) is 0 Å². The third kappa shape index (κ3) is 1.69. The molecule has 0 aromatic carbocycles. The molecule has 0 atom stereocenters. The second kappa shape index (κ2) is 3.19. The summed E-state index contributed by atoms with van der Waals surface area (Å²) in [5, 5.41) is 0. The largest absolute Gasteiger partial charge is 0.344 e. The van der Waals surface area contributed by atoms with Gasteiger partial charge in [0.2, 0.25) is 0 Å². The van der Waals surface area contributed by atoms with Crippen LogP contribution in [0.15, 0.2) is 18.3 Å². The standard InChI is InChI=1S/C10H12F2N2/c1-2-8-3-4-9(13-5-8)14-6-10(11,12)7-14/h3-5H,2,6-7H2,1H3. The summed E-state index contributed by atoms with van der Waals surface area (Å²) in [6, 6.07) is 3.73. The van der Waals surface area contributed by atoms with E-state index in [0.717, 1.165) is 12.0 Å². The highest BCUT2D eigenvalue weighted by Gasteiger charge is 2.44. The maximum absolute atomic E-state index is 12.5. The van der Waals surface area contributed by atoms with Crippen LogP contribution in [0.2, 0.25) is 0 Å². The normalized spacial score (nSPS) is 19.2. The highest BCUT2D eigenvalue weighted by Crippen LogP contribution is 2.30. The molecule has 76 valence electrons. The predicted molar refractivity (Wildman–Crippen MR) is 50.8 cm³/mol. The lowest BCUT2D eigenvalue weighted by Crippen LogP contribution is -2.56. The number of pyridine rings is 1. The van der Waals surface area contributed by atoms with Crippen molar-refractivity contribution in [2.75, 3.05) is 18.0 Å². The second-order valence-corrected chi connectivity index (χ2v) is 3.59. The highest BCUT2D eigenvalue weighted by molar-refractivity contribution is 5.43. The van der Waals surface area contributed by atoms with E-state index >= 15 is 0 Å². The van der Waals surface area contributed by atoms with Crippen LogP contribution in [-0.4, -0.2) is 24.0 Å². The van der Waals surface area contributed by atoms with E-state index in [9.17, 15) is 8.78 Å². The van der Waals surface area contributed by atoms with Crippen LogP contribution in [0.3, 0.4) is 0 Å². The Kier molecular flexibility index (Phi) is 2.13. The van der Waals surface area contributed by atoms with Crippen molar-refractivity contribution in [1.82, 2.24) is 4.98 Å². The van der Waals surface area contributed by atoms with Crippen LogP contribution in [0, 0.1) is 0 Å². The Labute approximate surface area is 81.6 Å². The summed E-state index contributed by atoms with van der Waals surface area (Å²) >= 11 is 0. The van der Waals surface area contributed by atoms with Gasteiger partial charge in [0, 0.05) is 6.20 Å². The number of hydrogen-bond acceptors (Lipinski definition) is 2. The maximum Gasteiger partial charge on any atom is 0.282 e. The number of halogens is 2. The Morgan fingerprint density at radius 2 is 2.14 bits per heavy atom. The van der Waals surface area contributed by atoms with Gasteiger partial charge in [-0.25, -0.2) is 13.8 Å².